The number of rotatable bonds is 4. The molecular formula is C13H16ClN3. The van der Waals surface area contributed by atoms with Crippen LogP contribution in [0.4, 0.5) is 0 Å². The zero-order chi connectivity index (χ0) is 11.9. The van der Waals surface area contributed by atoms with E-state index in [1.54, 1.807) is 0 Å². The summed E-state index contributed by atoms with van der Waals surface area (Å²) in [7, 11) is 0. The first-order chi connectivity index (χ1) is 8.28. The fraction of sp³-hybridized carbons (Fsp3) is 0.538. The maximum absolute atomic E-state index is 5.98. The average molecular weight is 250 g/mol. The van der Waals surface area contributed by atoms with Crippen LogP contribution in [0.5, 0.6) is 0 Å². The number of imidazole rings is 1. The van der Waals surface area contributed by atoms with Gasteiger partial charge in [0.15, 0.2) is 5.65 Å². The monoisotopic (exact) mass is 249 g/mol. The van der Waals surface area contributed by atoms with Gasteiger partial charge >= 0.3 is 0 Å². The highest BCUT2D eigenvalue weighted by molar-refractivity contribution is 6.16. The lowest BCUT2D eigenvalue weighted by Crippen LogP contribution is -2.13. The topological polar surface area (TPSA) is 30.7 Å². The highest BCUT2D eigenvalue weighted by Gasteiger charge is 2.41. The van der Waals surface area contributed by atoms with E-state index in [-0.39, 0.29) is 0 Å². The number of hydrogen-bond donors (Lipinski definition) is 0. The van der Waals surface area contributed by atoms with Gasteiger partial charge in [-0.3, -0.25) is 0 Å². The van der Waals surface area contributed by atoms with Gasteiger partial charge in [0.25, 0.3) is 0 Å². The molecular weight excluding hydrogens is 234 g/mol. The van der Waals surface area contributed by atoms with E-state index in [4.69, 9.17) is 11.6 Å². The van der Waals surface area contributed by atoms with Gasteiger partial charge in [-0.1, -0.05) is 6.92 Å². The van der Waals surface area contributed by atoms with Crippen molar-refractivity contribution < 1.29 is 0 Å². The van der Waals surface area contributed by atoms with Crippen molar-refractivity contribution in [3.8, 4) is 0 Å². The van der Waals surface area contributed by atoms with E-state index in [2.05, 4.69) is 21.5 Å². The largest absolute Gasteiger partial charge is 0.311 e. The number of pyridine rings is 1. The van der Waals surface area contributed by atoms with Crippen LogP contribution in [0.2, 0.25) is 0 Å². The smallest absolute Gasteiger partial charge is 0.160 e. The second-order valence-electron chi connectivity index (χ2n) is 4.95. The molecule has 0 radical (unpaired) electrons. The molecule has 1 saturated carbocycles. The van der Waals surface area contributed by atoms with Gasteiger partial charge in [-0.15, -0.1) is 11.6 Å². The van der Waals surface area contributed by atoms with Gasteiger partial charge in [-0.2, -0.15) is 0 Å². The van der Waals surface area contributed by atoms with Crippen LogP contribution in [0.15, 0.2) is 18.3 Å². The first kappa shape index (κ1) is 11.0. The molecule has 4 heteroatoms. The van der Waals surface area contributed by atoms with Crippen LogP contribution in [0.25, 0.3) is 11.2 Å². The van der Waals surface area contributed by atoms with Crippen molar-refractivity contribution in [1.82, 2.24) is 14.5 Å². The molecule has 3 nitrogen and oxygen atoms in total. The molecule has 0 unspecified atom stereocenters. The molecule has 0 spiro atoms. The van der Waals surface area contributed by atoms with Crippen molar-refractivity contribution in [1.29, 1.82) is 0 Å². The number of aromatic nitrogens is 3. The molecule has 1 aliphatic rings. The summed E-state index contributed by atoms with van der Waals surface area (Å²) in [6, 6.07) is 3.92. The molecule has 0 aliphatic heterocycles. The van der Waals surface area contributed by atoms with Gasteiger partial charge in [-0.25, -0.2) is 9.97 Å². The fourth-order valence-electron chi connectivity index (χ4n) is 2.41. The Morgan fingerprint density at radius 3 is 2.94 bits per heavy atom. The fourth-order valence-corrected chi connectivity index (χ4v) is 2.61. The third-order valence-corrected chi connectivity index (χ3v) is 4.14. The molecule has 3 rings (SSSR count). The van der Waals surface area contributed by atoms with E-state index >= 15 is 0 Å². The summed E-state index contributed by atoms with van der Waals surface area (Å²) in [5.41, 5.74) is 2.41. The highest BCUT2D eigenvalue weighted by Crippen LogP contribution is 2.50. The highest BCUT2D eigenvalue weighted by atomic mass is 35.5. The first-order valence-corrected chi connectivity index (χ1v) is 6.67. The Bertz CT molecular complexity index is 543. The third kappa shape index (κ3) is 1.82. The van der Waals surface area contributed by atoms with Crippen LogP contribution in [-0.2, 0) is 12.4 Å². The van der Waals surface area contributed by atoms with Crippen LogP contribution in [-0.4, -0.2) is 14.5 Å². The summed E-state index contributed by atoms with van der Waals surface area (Å²) in [6.07, 6.45) is 5.68. The Labute approximate surface area is 106 Å². The molecule has 0 bridgehead atoms. The second kappa shape index (κ2) is 3.98. The molecule has 1 aliphatic carbocycles. The molecule has 0 N–H and O–H groups in total. The lowest BCUT2D eigenvalue weighted by atomic mass is 10.0. The molecule has 0 aromatic carbocycles. The summed E-state index contributed by atoms with van der Waals surface area (Å²) >= 11 is 5.98. The maximum Gasteiger partial charge on any atom is 0.160 e. The third-order valence-electron chi connectivity index (χ3n) is 3.90. The Balaban J connectivity index is 2.06. The van der Waals surface area contributed by atoms with Gasteiger partial charge in [0.1, 0.15) is 11.3 Å². The molecule has 1 fully saturated rings. The SMILES string of the molecule is CCC1(Cn2c(CCl)nc3cccnc32)CC1. The number of alkyl halides is 1. The summed E-state index contributed by atoms with van der Waals surface area (Å²) in [5.74, 6) is 1.40. The lowest BCUT2D eigenvalue weighted by molar-refractivity contribution is 0.408. The minimum absolute atomic E-state index is 0.455. The van der Waals surface area contributed by atoms with E-state index in [1.165, 1.54) is 19.3 Å². The Morgan fingerprint density at radius 1 is 1.47 bits per heavy atom. The van der Waals surface area contributed by atoms with E-state index in [0.29, 0.717) is 11.3 Å². The lowest BCUT2D eigenvalue weighted by Gasteiger charge is -2.15. The van der Waals surface area contributed by atoms with Crippen molar-refractivity contribution in [2.24, 2.45) is 5.41 Å². The van der Waals surface area contributed by atoms with Crippen molar-refractivity contribution in [2.45, 2.75) is 38.6 Å². The predicted octanol–water partition coefficient (Wildman–Crippen LogP) is 3.36. The molecule has 2 heterocycles. The number of fused-ring (bicyclic) bond motifs is 1. The van der Waals surface area contributed by atoms with Crippen molar-refractivity contribution in [3.63, 3.8) is 0 Å². The standard InChI is InChI=1S/C13H16ClN3/c1-2-13(5-6-13)9-17-11(8-14)16-10-4-3-7-15-12(10)17/h3-4,7H,2,5-6,8-9H2,1H3. The quantitative estimate of drug-likeness (QED) is 0.778. The normalized spacial score (nSPS) is 17.5. The van der Waals surface area contributed by atoms with Crippen molar-refractivity contribution >= 4 is 22.8 Å². The van der Waals surface area contributed by atoms with E-state index < -0.39 is 0 Å². The van der Waals surface area contributed by atoms with Crippen molar-refractivity contribution in [2.75, 3.05) is 0 Å². The van der Waals surface area contributed by atoms with Gasteiger partial charge < -0.3 is 4.57 Å². The van der Waals surface area contributed by atoms with Crippen LogP contribution in [0.1, 0.15) is 32.0 Å². The number of hydrogen-bond acceptors (Lipinski definition) is 2. The van der Waals surface area contributed by atoms with Gasteiger partial charge in [0.05, 0.1) is 5.88 Å². The average Bonchev–Trinajstić information content (AvgIpc) is 3.06. The van der Waals surface area contributed by atoms with Crippen LogP contribution < -0.4 is 0 Å². The second-order valence-corrected chi connectivity index (χ2v) is 5.21. The van der Waals surface area contributed by atoms with E-state index in [9.17, 15) is 0 Å². The molecule has 0 saturated heterocycles. The summed E-state index contributed by atoms with van der Waals surface area (Å²) < 4.78 is 2.21. The molecule has 90 valence electrons. The first-order valence-electron chi connectivity index (χ1n) is 6.14. The molecule has 0 atom stereocenters. The molecule has 17 heavy (non-hydrogen) atoms. The van der Waals surface area contributed by atoms with Gasteiger partial charge in [0.2, 0.25) is 0 Å². The summed E-state index contributed by atoms with van der Waals surface area (Å²) in [6.45, 7) is 3.28. The maximum atomic E-state index is 5.98. The van der Waals surface area contributed by atoms with E-state index in [0.717, 1.165) is 23.5 Å². The minimum atomic E-state index is 0.455. The van der Waals surface area contributed by atoms with E-state index in [1.807, 2.05) is 18.3 Å². The molecule has 2 aromatic heterocycles. The van der Waals surface area contributed by atoms with Crippen LogP contribution in [0, 0.1) is 5.41 Å². The zero-order valence-electron chi connectivity index (χ0n) is 9.99. The predicted molar refractivity (Wildman–Crippen MR) is 69.0 cm³/mol. The molecule has 2 aromatic rings. The number of halogens is 1. The van der Waals surface area contributed by atoms with Gasteiger partial charge in [-0.05, 0) is 36.8 Å². The summed E-state index contributed by atoms with van der Waals surface area (Å²) in [5, 5.41) is 0. The summed E-state index contributed by atoms with van der Waals surface area (Å²) in [4.78, 5) is 8.98. The van der Waals surface area contributed by atoms with Gasteiger partial charge in [0, 0.05) is 12.7 Å². The Kier molecular flexibility index (Phi) is 2.58. The van der Waals surface area contributed by atoms with Crippen LogP contribution >= 0.6 is 11.6 Å². The zero-order valence-corrected chi connectivity index (χ0v) is 10.7. The Morgan fingerprint density at radius 2 is 2.29 bits per heavy atom. The number of nitrogens with zero attached hydrogens (tertiary/aromatic N) is 3. The molecule has 0 amide bonds. The van der Waals surface area contributed by atoms with Crippen molar-refractivity contribution in [3.05, 3.63) is 24.2 Å². The minimum Gasteiger partial charge on any atom is -0.311 e. The Hall–Kier alpha value is -1.09. The van der Waals surface area contributed by atoms with Crippen LogP contribution in [0.3, 0.4) is 0 Å².